The van der Waals surface area contributed by atoms with E-state index in [1.54, 1.807) is 12.1 Å². The summed E-state index contributed by atoms with van der Waals surface area (Å²) in [7, 11) is -3.42. The molecular weight excluding hydrogens is 298 g/mol. The number of phenolic OH excluding ortho intramolecular Hbond substituents is 1. The second-order valence-corrected chi connectivity index (χ2v) is 8.38. The molecular formula is C14H22ClNO3S. The maximum Gasteiger partial charge on any atom is 0.184 e. The number of halogens is 1. The van der Waals surface area contributed by atoms with Gasteiger partial charge in [-0.2, -0.15) is 0 Å². The Morgan fingerprint density at radius 2 is 1.85 bits per heavy atom. The Kier molecular flexibility index (Phi) is 4.79. The summed E-state index contributed by atoms with van der Waals surface area (Å²) in [5.41, 5.74) is 6.79. The van der Waals surface area contributed by atoms with Gasteiger partial charge in [0.2, 0.25) is 0 Å². The fraction of sp³-hybridized carbons (Fsp3) is 0.571. The first-order chi connectivity index (χ1) is 8.67. The third-order valence-electron chi connectivity index (χ3n) is 3.51. The Bertz CT molecular complexity index is 602. The zero-order chi connectivity index (χ0) is 14.4. The van der Waals surface area contributed by atoms with Crippen molar-refractivity contribution in [1.82, 2.24) is 0 Å². The largest absolute Gasteiger partial charge is 0.506 e. The maximum atomic E-state index is 12.4. The number of benzene rings is 1. The van der Waals surface area contributed by atoms with E-state index in [-0.39, 0.29) is 40.3 Å². The monoisotopic (exact) mass is 319 g/mol. The van der Waals surface area contributed by atoms with Gasteiger partial charge < -0.3 is 10.8 Å². The van der Waals surface area contributed by atoms with Crippen LogP contribution in [0.5, 0.6) is 5.75 Å². The van der Waals surface area contributed by atoms with Crippen LogP contribution in [0.1, 0.15) is 44.7 Å². The van der Waals surface area contributed by atoms with Gasteiger partial charge in [-0.3, -0.25) is 0 Å². The van der Waals surface area contributed by atoms with Crippen LogP contribution in [0.25, 0.3) is 0 Å². The molecule has 1 aliphatic carbocycles. The number of nitrogens with two attached hydrogens (primary N) is 1. The van der Waals surface area contributed by atoms with Gasteiger partial charge in [-0.15, -0.1) is 12.4 Å². The first-order valence-electron chi connectivity index (χ1n) is 6.48. The highest BCUT2D eigenvalue weighted by Gasteiger charge is 2.39. The van der Waals surface area contributed by atoms with Crippen molar-refractivity contribution in [2.75, 3.05) is 0 Å². The highest BCUT2D eigenvalue weighted by atomic mass is 35.5. The van der Waals surface area contributed by atoms with Gasteiger partial charge in [-0.25, -0.2) is 8.42 Å². The molecule has 4 nitrogen and oxygen atoms in total. The van der Waals surface area contributed by atoms with Gasteiger partial charge in [0, 0.05) is 12.1 Å². The van der Waals surface area contributed by atoms with E-state index in [0.29, 0.717) is 18.4 Å². The molecule has 1 aromatic rings. The minimum absolute atomic E-state index is 0. The zero-order valence-electron chi connectivity index (χ0n) is 12.0. The molecule has 1 fully saturated rings. The van der Waals surface area contributed by atoms with Crippen LogP contribution in [0.2, 0.25) is 0 Å². The summed E-state index contributed by atoms with van der Waals surface area (Å²) < 4.78 is 24.7. The van der Waals surface area contributed by atoms with Crippen LogP contribution in [-0.4, -0.2) is 18.8 Å². The SMILES string of the molecule is CC(C)(C)c1cc(CN)c(O)c(S(=O)(=O)C2CC2)c1.Cl. The Morgan fingerprint density at radius 3 is 2.25 bits per heavy atom. The summed E-state index contributed by atoms with van der Waals surface area (Å²) in [6, 6.07) is 3.39. The van der Waals surface area contributed by atoms with Gasteiger partial charge in [0.05, 0.1) is 5.25 Å². The lowest BCUT2D eigenvalue weighted by molar-refractivity contribution is 0.449. The van der Waals surface area contributed by atoms with Crippen molar-refractivity contribution in [3.8, 4) is 5.75 Å². The van der Waals surface area contributed by atoms with Crippen LogP contribution < -0.4 is 5.73 Å². The molecule has 0 radical (unpaired) electrons. The average molecular weight is 320 g/mol. The predicted octanol–water partition coefficient (Wildman–Crippen LogP) is 2.51. The Hall–Kier alpha value is -0.780. The molecule has 0 heterocycles. The van der Waals surface area contributed by atoms with E-state index < -0.39 is 9.84 Å². The maximum absolute atomic E-state index is 12.4. The van der Waals surface area contributed by atoms with Crippen LogP contribution >= 0.6 is 12.4 Å². The molecule has 114 valence electrons. The fourth-order valence-corrected chi connectivity index (χ4v) is 3.84. The first kappa shape index (κ1) is 17.3. The smallest absolute Gasteiger partial charge is 0.184 e. The summed E-state index contributed by atoms with van der Waals surface area (Å²) in [6.07, 6.45) is 1.36. The van der Waals surface area contributed by atoms with E-state index >= 15 is 0 Å². The number of aromatic hydroxyl groups is 1. The number of phenols is 1. The second kappa shape index (κ2) is 5.54. The first-order valence-corrected chi connectivity index (χ1v) is 8.03. The Balaban J connectivity index is 0.00000200. The summed E-state index contributed by atoms with van der Waals surface area (Å²) >= 11 is 0. The standard InChI is InChI=1S/C14H21NO3S.ClH/c1-14(2,3)10-6-9(8-15)13(16)12(7-10)19(17,18)11-4-5-11;/h6-7,11,16H,4-5,8,15H2,1-3H3;1H. The molecule has 0 atom stereocenters. The van der Waals surface area contributed by atoms with Crippen molar-refractivity contribution in [3.63, 3.8) is 0 Å². The van der Waals surface area contributed by atoms with Crippen LogP contribution in [0.4, 0.5) is 0 Å². The van der Waals surface area contributed by atoms with E-state index in [4.69, 9.17) is 5.73 Å². The van der Waals surface area contributed by atoms with Crippen molar-refractivity contribution in [2.24, 2.45) is 5.73 Å². The van der Waals surface area contributed by atoms with Gasteiger partial charge in [-0.1, -0.05) is 26.8 Å². The average Bonchev–Trinajstić information content (AvgIpc) is 3.11. The summed E-state index contributed by atoms with van der Waals surface area (Å²) in [4.78, 5) is 0.0443. The van der Waals surface area contributed by atoms with E-state index in [1.807, 2.05) is 20.8 Å². The van der Waals surface area contributed by atoms with E-state index in [9.17, 15) is 13.5 Å². The molecule has 1 aromatic carbocycles. The quantitative estimate of drug-likeness (QED) is 0.897. The van der Waals surface area contributed by atoms with Crippen LogP contribution in [0.3, 0.4) is 0 Å². The van der Waals surface area contributed by atoms with Crippen LogP contribution in [-0.2, 0) is 21.8 Å². The third-order valence-corrected chi connectivity index (χ3v) is 5.78. The van der Waals surface area contributed by atoms with E-state index in [2.05, 4.69) is 0 Å². The van der Waals surface area contributed by atoms with Crippen molar-refractivity contribution in [3.05, 3.63) is 23.3 Å². The molecule has 0 bridgehead atoms. The highest BCUT2D eigenvalue weighted by molar-refractivity contribution is 7.92. The molecule has 20 heavy (non-hydrogen) atoms. The lowest BCUT2D eigenvalue weighted by Gasteiger charge is -2.22. The molecule has 0 spiro atoms. The minimum Gasteiger partial charge on any atom is -0.506 e. The van der Waals surface area contributed by atoms with Gasteiger partial charge in [0.25, 0.3) is 0 Å². The number of hydrogen-bond donors (Lipinski definition) is 2. The molecule has 0 unspecified atom stereocenters. The molecule has 0 amide bonds. The van der Waals surface area contributed by atoms with E-state index in [1.165, 1.54) is 0 Å². The number of rotatable bonds is 3. The van der Waals surface area contributed by atoms with Crippen molar-refractivity contribution in [2.45, 2.75) is 55.7 Å². The van der Waals surface area contributed by atoms with Gasteiger partial charge in [0.1, 0.15) is 10.6 Å². The van der Waals surface area contributed by atoms with Gasteiger partial charge in [0.15, 0.2) is 9.84 Å². The van der Waals surface area contributed by atoms with Crippen molar-refractivity contribution < 1.29 is 13.5 Å². The lowest BCUT2D eigenvalue weighted by atomic mass is 9.86. The zero-order valence-corrected chi connectivity index (χ0v) is 13.6. The number of hydrogen-bond acceptors (Lipinski definition) is 4. The Labute approximate surface area is 126 Å². The molecule has 0 aromatic heterocycles. The summed E-state index contributed by atoms with van der Waals surface area (Å²) in [5.74, 6) is -0.178. The minimum atomic E-state index is -3.42. The molecule has 1 saturated carbocycles. The lowest BCUT2D eigenvalue weighted by Crippen LogP contribution is -2.16. The fourth-order valence-electron chi connectivity index (χ4n) is 2.03. The molecule has 6 heteroatoms. The topological polar surface area (TPSA) is 80.4 Å². The normalized spacial score (nSPS) is 15.8. The molecule has 3 N–H and O–H groups in total. The van der Waals surface area contributed by atoms with Gasteiger partial charge >= 0.3 is 0 Å². The van der Waals surface area contributed by atoms with Crippen molar-refractivity contribution in [1.29, 1.82) is 0 Å². The molecule has 0 aliphatic heterocycles. The molecule has 1 aliphatic rings. The summed E-state index contributed by atoms with van der Waals surface area (Å²) in [6.45, 7) is 6.15. The van der Waals surface area contributed by atoms with Crippen LogP contribution in [0.15, 0.2) is 17.0 Å². The number of sulfone groups is 1. The highest BCUT2D eigenvalue weighted by Crippen LogP contribution is 2.40. The second-order valence-electron chi connectivity index (χ2n) is 6.18. The van der Waals surface area contributed by atoms with Gasteiger partial charge in [-0.05, 0) is 29.9 Å². The van der Waals surface area contributed by atoms with E-state index in [0.717, 1.165) is 5.56 Å². The predicted molar refractivity (Wildman–Crippen MR) is 82.2 cm³/mol. The molecule has 0 saturated heterocycles. The van der Waals surface area contributed by atoms with Crippen LogP contribution in [0, 0.1) is 0 Å². The Morgan fingerprint density at radius 1 is 1.30 bits per heavy atom. The molecule has 2 rings (SSSR count). The summed E-state index contributed by atoms with van der Waals surface area (Å²) in [5, 5.41) is 9.80. The van der Waals surface area contributed by atoms with Crippen molar-refractivity contribution >= 4 is 22.2 Å². The third kappa shape index (κ3) is 3.10.